The van der Waals surface area contributed by atoms with E-state index in [1.54, 1.807) is 0 Å². The molecule has 0 aromatic heterocycles. The molecule has 2 rings (SSSR count). The summed E-state index contributed by atoms with van der Waals surface area (Å²) in [5, 5.41) is 3.53. The van der Waals surface area contributed by atoms with Crippen LogP contribution in [0.1, 0.15) is 43.4 Å². The predicted molar refractivity (Wildman–Crippen MR) is 84.9 cm³/mol. The van der Waals surface area contributed by atoms with Crippen molar-refractivity contribution in [1.82, 2.24) is 5.32 Å². The van der Waals surface area contributed by atoms with Crippen molar-refractivity contribution in [2.45, 2.75) is 39.2 Å². The van der Waals surface area contributed by atoms with Gasteiger partial charge in [0.15, 0.2) is 0 Å². The molecule has 3 heteroatoms. The van der Waals surface area contributed by atoms with Crippen LogP contribution in [0.2, 0.25) is 0 Å². The fourth-order valence-corrected chi connectivity index (χ4v) is 4.24. The number of aryl methyl sites for hydroxylation is 1. The Labute approximate surface area is 127 Å². The molecule has 1 saturated carbocycles. The lowest BCUT2D eigenvalue weighted by Gasteiger charge is -2.28. The van der Waals surface area contributed by atoms with Crippen molar-refractivity contribution in [2.24, 2.45) is 11.8 Å². The fraction of sp³-hybridized carbons (Fsp3) is 0.600. The smallest absolute Gasteiger partial charge is 0.0360 e. The van der Waals surface area contributed by atoms with Gasteiger partial charge >= 0.3 is 0 Å². The van der Waals surface area contributed by atoms with E-state index in [4.69, 9.17) is 0 Å². The minimum absolute atomic E-state index is 0.453. The summed E-state index contributed by atoms with van der Waals surface area (Å²) in [5.74, 6) is 1.57. The second-order valence-electron chi connectivity index (χ2n) is 5.46. The van der Waals surface area contributed by atoms with Crippen molar-refractivity contribution in [3.63, 3.8) is 0 Å². The van der Waals surface area contributed by atoms with Crippen molar-refractivity contribution in [1.29, 1.82) is 0 Å². The van der Waals surface area contributed by atoms with E-state index in [9.17, 15) is 0 Å². The first-order valence-electron chi connectivity index (χ1n) is 6.67. The molecule has 0 bridgehead atoms. The first kappa shape index (κ1) is 14.5. The zero-order valence-electron chi connectivity index (χ0n) is 11.3. The number of rotatable bonds is 3. The molecule has 1 aromatic carbocycles. The van der Waals surface area contributed by atoms with E-state index in [-0.39, 0.29) is 0 Å². The van der Waals surface area contributed by atoms with E-state index in [2.05, 4.69) is 70.2 Å². The van der Waals surface area contributed by atoms with E-state index < -0.39 is 0 Å². The standard InChI is InChI=1S/C15H21Br2N/c1-9-5-4-6-11(9)15(18-3)12-8-13(16)10(2)7-14(12)17/h7-9,11,15,18H,4-6H2,1-3H3. The van der Waals surface area contributed by atoms with E-state index in [0.29, 0.717) is 6.04 Å². The van der Waals surface area contributed by atoms with Gasteiger partial charge in [0.1, 0.15) is 0 Å². The van der Waals surface area contributed by atoms with Crippen molar-refractivity contribution in [2.75, 3.05) is 7.05 Å². The van der Waals surface area contributed by atoms with Crippen LogP contribution in [-0.4, -0.2) is 7.05 Å². The molecule has 1 N–H and O–H groups in total. The summed E-state index contributed by atoms with van der Waals surface area (Å²) >= 11 is 7.38. The maximum absolute atomic E-state index is 3.73. The maximum Gasteiger partial charge on any atom is 0.0360 e. The van der Waals surface area contributed by atoms with Crippen LogP contribution in [0, 0.1) is 18.8 Å². The van der Waals surface area contributed by atoms with E-state index >= 15 is 0 Å². The van der Waals surface area contributed by atoms with Gasteiger partial charge < -0.3 is 5.32 Å². The Kier molecular flexibility index (Phi) is 4.90. The van der Waals surface area contributed by atoms with Crippen molar-refractivity contribution in [3.8, 4) is 0 Å². The van der Waals surface area contributed by atoms with Crippen LogP contribution < -0.4 is 5.32 Å². The summed E-state index contributed by atoms with van der Waals surface area (Å²) in [6.45, 7) is 4.52. The second-order valence-corrected chi connectivity index (χ2v) is 7.17. The normalized spacial score (nSPS) is 25.4. The highest BCUT2D eigenvalue weighted by atomic mass is 79.9. The zero-order valence-corrected chi connectivity index (χ0v) is 14.4. The molecule has 3 unspecified atom stereocenters. The number of hydrogen-bond donors (Lipinski definition) is 1. The fourth-order valence-electron chi connectivity index (χ4n) is 3.17. The molecule has 1 nitrogen and oxygen atoms in total. The minimum atomic E-state index is 0.453. The first-order valence-corrected chi connectivity index (χ1v) is 8.26. The van der Waals surface area contributed by atoms with Gasteiger partial charge in [-0.1, -0.05) is 51.6 Å². The number of nitrogens with one attached hydrogen (secondary N) is 1. The molecular weight excluding hydrogens is 354 g/mol. The van der Waals surface area contributed by atoms with Gasteiger partial charge in [-0.25, -0.2) is 0 Å². The van der Waals surface area contributed by atoms with Crippen LogP contribution in [0.15, 0.2) is 21.1 Å². The predicted octanol–water partition coefficient (Wildman–Crippen LogP) is 5.22. The third kappa shape index (κ3) is 2.83. The van der Waals surface area contributed by atoms with Gasteiger partial charge in [-0.2, -0.15) is 0 Å². The Balaban J connectivity index is 2.35. The highest BCUT2D eigenvalue weighted by Crippen LogP contribution is 2.42. The zero-order chi connectivity index (χ0) is 13.3. The summed E-state index contributed by atoms with van der Waals surface area (Å²) < 4.78 is 2.42. The molecular formula is C15H21Br2N. The molecule has 0 radical (unpaired) electrons. The lowest BCUT2D eigenvalue weighted by Crippen LogP contribution is -2.27. The van der Waals surface area contributed by atoms with Crippen molar-refractivity contribution in [3.05, 3.63) is 32.2 Å². The van der Waals surface area contributed by atoms with Gasteiger partial charge in [0, 0.05) is 15.0 Å². The summed E-state index contributed by atoms with van der Waals surface area (Å²) in [6.07, 6.45) is 4.08. The third-order valence-corrected chi connectivity index (χ3v) is 5.82. The minimum Gasteiger partial charge on any atom is -0.313 e. The Bertz CT molecular complexity index is 431. The van der Waals surface area contributed by atoms with Gasteiger partial charge in [0.2, 0.25) is 0 Å². The highest BCUT2D eigenvalue weighted by Gasteiger charge is 2.32. The van der Waals surface area contributed by atoms with E-state index in [1.807, 2.05) is 0 Å². The molecule has 0 aliphatic heterocycles. The van der Waals surface area contributed by atoms with Gasteiger partial charge in [0.25, 0.3) is 0 Å². The Morgan fingerprint density at radius 1 is 1.22 bits per heavy atom. The van der Waals surface area contributed by atoms with Crippen LogP contribution in [0.5, 0.6) is 0 Å². The molecule has 1 aliphatic carbocycles. The van der Waals surface area contributed by atoms with Crippen molar-refractivity contribution < 1.29 is 0 Å². The third-order valence-electron chi connectivity index (χ3n) is 4.28. The summed E-state index contributed by atoms with van der Waals surface area (Å²) in [7, 11) is 2.08. The molecule has 3 atom stereocenters. The van der Waals surface area contributed by atoms with Gasteiger partial charge in [0.05, 0.1) is 0 Å². The quantitative estimate of drug-likeness (QED) is 0.764. The first-order chi connectivity index (χ1) is 8.54. The Hall–Kier alpha value is 0.140. The Morgan fingerprint density at radius 2 is 1.94 bits per heavy atom. The summed E-state index contributed by atoms with van der Waals surface area (Å²) in [6, 6.07) is 4.93. The van der Waals surface area contributed by atoms with E-state index in [0.717, 1.165) is 11.8 Å². The molecule has 0 amide bonds. The molecule has 1 aromatic rings. The average Bonchev–Trinajstić information content (AvgIpc) is 2.73. The number of hydrogen-bond acceptors (Lipinski definition) is 1. The molecule has 0 spiro atoms. The average molecular weight is 375 g/mol. The van der Waals surface area contributed by atoms with Crippen molar-refractivity contribution >= 4 is 31.9 Å². The van der Waals surface area contributed by atoms with Crippen LogP contribution in [0.4, 0.5) is 0 Å². The van der Waals surface area contributed by atoms with Crippen LogP contribution in [-0.2, 0) is 0 Å². The monoisotopic (exact) mass is 373 g/mol. The molecule has 100 valence electrons. The molecule has 1 fully saturated rings. The van der Waals surface area contributed by atoms with Crippen LogP contribution in [0.3, 0.4) is 0 Å². The van der Waals surface area contributed by atoms with Crippen LogP contribution >= 0.6 is 31.9 Å². The van der Waals surface area contributed by atoms with Gasteiger partial charge in [-0.3, -0.25) is 0 Å². The molecule has 1 aliphatic rings. The largest absolute Gasteiger partial charge is 0.313 e. The van der Waals surface area contributed by atoms with Gasteiger partial charge in [-0.15, -0.1) is 0 Å². The summed E-state index contributed by atoms with van der Waals surface area (Å²) in [4.78, 5) is 0. The Morgan fingerprint density at radius 3 is 2.50 bits per heavy atom. The molecule has 0 saturated heterocycles. The molecule has 18 heavy (non-hydrogen) atoms. The lowest BCUT2D eigenvalue weighted by atomic mass is 9.86. The maximum atomic E-state index is 3.73. The van der Waals surface area contributed by atoms with Gasteiger partial charge in [-0.05, 0) is 55.5 Å². The number of halogens is 2. The second kappa shape index (κ2) is 6.06. The lowest BCUT2D eigenvalue weighted by molar-refractivity contribution is 0.314. The number of benzene rings is 1. The van der Waals surface area contributed by atoms with E-state index in [1.165, 1.54) is 39.3 Å². The summed E-state index contributed by atoms with van der Waals surface area (Å²) in [5.41, 5.74) is 2.66. The topological polar surface area (TPSA) is 12.0 Å². The van der Waals surface area contributed by atoms with Crippen LogP contribution in [0.25, 0.3) is 0 Å². The highest BCUT2D eigenvalue weighted by molar-refractivity contribution is 9.11. The molecule has 0 heterocycles. The SMILES string of the molecule is CNC(c1cc(Br)c(C)cc1Br)C1CCCC1C.